The Bertz CT molecular complexity index is 727. The Morgan fingerprint density at radius 3 is 2.35 bits per heavy atom. The molecule has 4 rings (SSSR count). The molecular weight excluding hydrogens is 390 g/mol. The molecule has 3 aliphatic rings. The summed E-state index contributed by atoms with van der Waals surface area (Å²) in [6.07, 6.45) is 8.02. The number of ether oxygens (including phenoxy) is 1. The second-order valence-electron chi connectivity index (χ2n) is 9.58. The summed E-state index contributed by atoms with van der Waals surface area (Å²) in [5, 5.41) is 3.26. The van der Waals surface area contributed by atoms with Crippen LogP contribution >= 0.6 is 0 Å². The van der Waals surface area contributed by atoms with Gasteiger partial charge in [-0.15, -0.1) is 0 Å². The van der Waals surface area contributed by atoms with Crippen LogP contribution in [0.15, 0.2) is 30.3 Å². The number of nitrogens with one attached hydrogen (secondary N) is 1. The molecular formula is C25H37N3O3. The van der Waals surface area contributed by atoms with Crippen molar-refractivity contribution in [1.82, 2.24) is 15.1 Å². The summed E-state index contributed by atoms with van der Waals surface area (Å²) in [6.45, 7) is 5.51. The zero-order chi connectivity index (χ0) is 21.6. The molecule has 0 bridgehead atoms. The number of hydrogen-bond donors (Lipinski definition) is 1. The zero-order valence-electron chi connectivity index (χ0n) is 18.8. The number of amides is 3. The van der Waals surface area contributed by atoms with E-state index >= 15 is 0 Å². The van der Waals surface area contributed by atoms with Crippen molar-refractivity contribution in [2.24, 2.45) is 17.8 Å². The molecule has 6 nitrogen and oxygen atoms in total. The lowest BCUT2D eigenvalue weighted by atomic mass is 9.79. The van der Waals surface area contributed by atoms with Crippen molar-refractivity contribution in [2.45, 2.75) is 57.9 Å². The minimum atomic E-state index is 0.117. The van der Waals surface area contributed by atoms with Crippen LogP contribution in [-0.2, 0) is 4.79 Å². The molecule has 2 atom stereocenters. The molecule has 1 N–H and O–H groups in total. The molecule has 3 fully saturated rings. The van der Waals surface area contributed by atoms with E-state index in [9.17, 15) is 9.59 Å². The van der Waals surface area contributed by atoms with Gasteiger partial charge >= 0.3 is 6.03 Å². The zero-order valence-corrected chi connectivity index (χ0v) is 18.8. The fourth-order valence-corrected chi connectivity index (χ4v) is 5.63. The summed E-state index contributed by atoms with van der Waals surface area (Å²) < 4.78 is 6.07. The molecule has 6 heteroatoms. The highest BCUT2D eigenvalue weighted by Gasteiger charge is 2.40. The first-order chi connectivity index (χ1) is 15.1. The molecule has 31 heavy (non-hydrogen) atoms. The van der Waals surface area contributed by atoms with Crippen LogP contribution in [0.1, 0.15) is 51.9 Å². The van der Waals surface area contributed by atoms with E-state index in [2.05, 4.69) is 5.32 Å². The van der Waals surface area contributed by atoms with Gasteiger partial charge in [0, 0.05) is 45.1 Å². The third-order valence-corrected chi connectivity index (χ3v) is 7.51. The highest BCUT2D eigenvalue weighted by Crippen LogP contribution is 2.36. The van der Waals surface area contributed by atoms with E-state index in [1.807, 2.05) is 40.1 Å². The largest absolute Gasteiger partial charge is 0.493 e. The van der Waals surface area contributed by atoms with E-state index in [1.54, 1.807) is 6.92 Å². The Labute approximate surface area is 186 Å². The summed E-state index contributed by atoms with van der Waals surface area (Å²) >= 11 is 0. The van der Waals surface area contributed by atoms with Gasteiger partial charge in [0.15, 0.2) is 0 Å². The molecule has 1 aromatic carbocycles. The summed E-state index contributed by atoms with van der Waals surface area (Å²) in [6, 6.07) is 10.4. The maximum absolute atomic E-state index is 12.7. The van der Waals surface area contributed by atoms with Crippen LogP contribution in [0.3, 0.4) is 0 Å². The number of benzene rings is 1. The molecule has 2 saturated heterocycles. The van der Waals surface area contributed by atoms with Gasteiger partial charge in [0.25, 0.3) is 0 Å². The van der Waals surface area contributed by atoms with Crippen molar-refractivity contribution in [3.63, 3.8) is 0 Å². The van der Waals surface area contributed by atoms with E-state index in [1.165, 1.54) is 19.3 Å². The first kappa shape index (κ1) is 22.0. The first-order valence-corrected chi connectivity index (χ1v) is 12.1. The molecule has 0 unspecified atom stereocenters. The van der Waals surface area contributed by atoms with Crippen LogP contribution in [-0.4, -0.2) is 60.6 Å². The van der Waals surface area contributed by atoms with Gasteiger partial charge in [0.1, 0.15) is 5.75 Å². The van der Waals surface area contributed by atoms with Gasteiger partial charge in [-0.05, 0) is 49.7 Å². The number of rotatable bonds is 5. The topological polar surface area (TPSA) is 61.9 Å². The standard InChI is InChI=1S/C25H37N3O3/c1-19(29)28-16-21(18-31-23-10-6-3-7-11-23)24(17-28)20-12-14-27(15-13-20)25(30)26-22-8-4-2-5-9-22/h3,6-7,10-11,20-22,24H,2,4-5,8-9,12-18H2,1H3,(H,26,30)/t21-,24-/m0/s1. The van der Waals surface area contributed by atoms with Crippen molar-refractivity contribution in [3.05, 3.63) is 30.3 Å². The Kier molecular flexibility index (Phi) is 7.36. The van der Waals surface area contributed by atoms with Gasteiger partial charge in [-0.25, -0.2) is 4.79 Å². The van der Waals surface area contributed by atoms with Crippen molar-refractivity contribution < 1.29 is 14.3 Å². The van der Waals surface area contributed by atoms with E-state index in [0.717, 1.165) is 57.6 Å². The molecule has 3 amide bonds. The van der Waals surface area contributed by atoms with Gasteiger partial charge in [0.2, 0.25) is 5.91 Å². The molecule has 1 aromatic rings. The highest BCUT2D eigenvalue weighted by molar-refractivity contribution is 5.74. The maximum atomic E-state index is 12.7. The first-order valence-electron chi connectivity index (χ1n) is 12.1. The Balaban J connectivity index is 1.30. The third-order valence-electron chi connectivity index (χ3n) is 7.51. The molecule has 0 spiro atoms. The number of carbonyl (C=O) groups excluding carboxylic acids is 2. The Morgan fingerprint density at radius 2 is 1.68 bits per heavy atom. The molecule has 1 aliphatic carbocycles. The number of carbonyl (C=O) groups is 2. The van der Waals surface area contributed by atoms with E-state index in [0.29, 0.717) is 30.4 Å². The van der Waals surface area contributed by atoms with Crippen molar-refractivity contribution in [3.8, 4) is 5.75 Å². The minimum Gasteiger partial charge on any atom is -0.493 e. The van der Waals surface area contributed by atoms with Gasteiger partial charge in [-0.1, -0.05) is 37.5 Å². The van der Waals surface area contributed by atoms with E-state index in [4.69, 9.17) is 4.74 Å². The van der Waals surface area contributed by atoms with Crippen molar-refractivity contribution in [1.29, 1.82) is 0 Å². The van der Waals surface area contributed by atoms with E-state index in [-0.39, 0.29) is 11.9 Å². The van der Waals surface area contributed by atoms with Gasteiger partial charge in [-0.3, -0.25) is 4.79 Å². The summed E-state index contributed by atoms with van der Waals surface area (Å²) in [4.78, 5) is 28.7. The van der Waals surface area contributed by atoms with Crippen LogP contribution in [0.25, 0.3) is 0 Å². The number of likely N-dealkylation sites (tertiary alicyclic amines) is 2. The number of urea groups is 1. The molecule has 170 valence electrons. The van der Waals surface area contributed by atoms with Crippen molar-refractivity contribution in [2.75, 3.05) is 32.8 Å². The molecule has 0 aromatic heterocycles. The lowest BCUT2D eigenvalue weighted by Gasteiger charge is -2.37. The number of hydrogen-bond acceptors (Lipinski definition) is 3. The molecule has 2 aliphatic heterocycles. The van der Waals surface area contributed by atoms with Gasteiger partial charge in [-0.2, -0.15) is 0 Å². The summed E-state index contributed by atoms with van der Waals surface area (Å²) in [5.74, 6) is 2.36. The lowest BCUT2D eigenvalue weighted by molar-refractivity contribution is -0.128. The van der Waals surface area contributed by atoms with Gasteiger partial charge < -0.3 is 19.9 Å². The maximum Gasteiger partial charge on any atom is 0.317 e. The quantitative estimate of drug-likeness (QED) is 0.775. The number of piperidine rings is 1. The predicted octanol–water partition coefficient (Wildman–Crippen LogP) is 3.91. The highest BCUT2D eigenvalue weighted by atomic mass is 16.5. The van der Waals surface area contributed by atoms with Crippen LogP contribution in [0, 0.1) is 17.8 Å². The second kappa shape index (κ2) is 10.4. The fraction of sp³-hybridized carbons (Fsp3) is 0.680. The molecule has 1 saturated carbocycles. The third kappa shape index (κ3) is 5.72. The van der Waals surface area contributed by atoms with Crippen LogP contribution in [0.5, 0.6) is 5.75 Å². The molecule has 0 radical (unpaired) electrons. The number of nitrogens with zero attached hydrogens (tertiary/aromatic N) is 2. The van der Waals surface area contributed by atoms with Crippen molar-refractivity contribution >= 4 is 11.9 Å². The molecule has 2 heterocycles. The smallest absolute Gasteiger partial charge is 0.317 e. The number of para-hydroxylation sites is 1. The van der Waals surface area contributed by atoms with Crippen LogP contribution in [0.2, 0.25) is 0 Å². The Morgan fingerprint density at radius 1 is 0.968 bits per heavy atom. The average Bonchev–Trinajstić information content (AvgIpc) is 3.24. The SMILES string of the molecule is CC(=O)N1C[C@@H](COc2ccccc2)[C@H](C2CCN(C(=O)NC3CCCCC3)CC2)C1. The predicted molar refractivity (Wildman–Crippen MR) is 121 cm³/mol. The lowest BCUT2D eigenvalue weighted by Crippen LogP contribution is -2.49. The van der Waals surface area contributed by atoms with Crippen LogP contribution < -0.4 is 10.1 Å². The Hall–Kier alpha value is -2.24. The van der Waals surface area contributed by atoms with E-state index < -0.39 is 0 Å². The summed E-state index contributed by atoms with van der Waals surface area (Å²) in [7, 11) is 0. The van der Waals surface area contributed by atoms with Gasteiger partial charge in [0.05, 0.1) is 6.61 Å². The monoisotopic (exact) mass is 427 g/mol. The fourth-order valence-electron chi connectivity index (χ4n) is 5.63. The summed E-state index contributed by atoms with van der Waals surface area (Å²) in [5.41, 5.74) is 0. The second-order valence-corrected chi connectivity index (χ2v) is 9.58. The van der Waals surface area contributed by atoms with Crippen LogP contribution in [0.4, 0.5) is 4.79 Å². The average molecular weight is 428 g/mol. The normalized spacial score (nSPS) is 25.5. The minimum absolute atomic E-state index is 0.117.